The monoisotopic (exact) mass is 724 g/mol. The number of rotatable bonds is 0. The molecule has 1 aliphatic heterocycles. The minimum atomic E-state index is -2.77. The molecule has 1 heterocycles. The van der Waals surface area contributed by atoms with E-state index in [1.165, 1.54) is 0 Å². The van der Waals surface area contributed by atoms with Crippen LogP contribution in [0.2, 0.25) is 0 Å². The Morgan fingerprint density at radius 2 is 0.529 bits per heavy atom. The van der Waals surface area contributed by atoms with Crippen molar-refractivity contribution in [1.29, 1.82) is 0 Å². The van der Waals surface area contributed by atoms with Crippen LogP contribution in [0.1, 0.15) is 0 Å². The van der Waals surface area contributed by atoms with Gasteiger partial charge in [-0.25, -0.2) is 19.2 Å². The van der Waals surface area contributed by atoms with E-state index in [4.69, 9.17) is 18.9 Å². The van der Waals surface area contributed by atoms with Gasteiger partial charge in [-0.15, -0.1) is 0 Å². The summed E-state index contributed by atoms with van der Waals surface area (Å²) in [5, 5.41) is 0. The fourth-order valence-corrected chi connectivity index (χ4v) is 1.65. The topological polar surface area (TPSA) is 142 Å². The molecule has 0 aromatic rings. The van der Waals surface area contributed by atoms with E-state index in [2.05, 4.69) is 18.9 Å². The normalized spacial score (nSPS) is 18.7. The molecule has 0 unspecified atom stereocenters. The zero-order chi connectivity index (χ0) is 25.9. The Kier molecular flexibility index (Phi) is 29.3. The van der Waals surface area contributed by atoms with Crippen molar-refractivity contribution in [3.8, 4) is 0 Å². The van der Waals surface area contributed by atoms with Crippen LogP contribution >= 0.6 is 0 Å². The van der Waals surface area contributed by atoms with Gasteiger partial charge in [-0.1, -0.05) is 0 Å². The standard InChI is InChI=1S/C16H24O12.4FH.2Sn/c17-13-14(18)27-11-7-23-3-4-24-8-12-28-16(20)15(19)26-10-6-22-2-1-21-5-9-25-13;;;;;;/h1-12H2;4*1H;;/q;;;;;2*+2/p-4. The first-order valence-corrected chi connectivity index (χ1v) is 13.7. The van der Waals surface area contributed by atoms with Gasteiger partial charge < -0.3 is 37.9 Å². The van der Waals surface area contributed by atoms with Crippen molar-refractivity contribution in [2.75, 3.05) is 79.3 Å². The molecule has 1 saturated heterocycles. The van der Waals surface area contributed by atoms with Gasteiger partial charge in [-0.3, -0.25) is 0 Å². The number of ether oxygens (including phenoxy) is 8. The van der Waals surface area contributed by atoms with Gasteiger partial charge in [-0.05, 0) is 0 Å². The van der Waals surface area contributed by atoms with Gasteiger partial charge in [-0.2, -0.15) is 0 Å². The summed E-state index contributed by atoms with van der Waals surface area (Å²) in [5.74, 6) is -4.47. The van der Waals surface area contributed by atoms with Gasteiger partial charge in [0.15, 0.2) is 0 Å². The molecule has 18 heteroatoms. The summed E-state index contributed by atoms with van der Waals surface area (Å²) in [6.07, 6.45) is 0. The third kappa shape index (κ3) is 25.7. The molecular weight excluding hydrogens is 698 g/mol. The Bertz CT molecular complexity index is 458. The molecule has 4 radical (unpaired) electrons. The van der Waals surface area contributed by atoms with E-state index in [1.807, 2.05) is 0 Å². The molecule has 0 amide bonds. The summed E-state index contributed by atoms with van der Waals surface area (Å²) in [4.78, 5) is 45.4. The average Bonchev–Trinajstić information content (AvgIpc) is 2.81. The number of hydrogen-bond acceptors (Lipinski definition) is 12. The summed E-state index contributed by atoms with van der Waals surface area (Å²) >= 11 is -5.54. The van der Waals surface area contributed by atoms with E-state index in [9.17, 15) is 30.6 Å². The van der Waals surface area contributed by atoms with Crippen LogP contribution in [-0.2, 0) is 57.1 Å². The Balaban J connectivity index is 0. The summed E-state index contributed by atoms with van der Waals surface area (Å²) in [6.45, 7) is 0.512. The van der Waals surface area contributed by atoms with E-state index in [1.54, 1.807) is 0 Å². The zero-order valence-electron chi connectivity index (χ0n) is 17.9. The van der Waals surface area contributed by atoms with Crippen molar-refractivity contribution >= 4 is 68.5 Å². The van der Waals surface area contributed by atoms with E-state index in [0.717, 1.165) is 0 Å². The quantitative estimate of drug-likeness (QED) is 0.101. The predicted molar refractivity (Wildman–Crippen MR) is 103 cm³/mol. The molecule has 0 spiro atoms. The summed E-state index contributed by atoms with van der Waals surface area (Å²) in [5.41, 5.74) is 0. The van der Waals surface area contributed by atoms with Gasteiger partial charge in [0.05, 0.1) is 52.9 Å². The van der Waals surface area contributed by atoms with Crippen molar-refractivity contribution < 1.29 is 68.5 Å². The van der Waals surface area contributed by atoms with Crippen LogP contribution in [-0.4, -0.2) is 148 Å². The summed E-state index contributed by atoms with van der Waals surface area (Å²) < 4.78 is 78.4. The van der Waals surface area contributed by atoms with Gasteiger partial charge in [0, 0.05) is 0 Å². The van der Waals surface area contributed by atoms with Gasteiger partial charge in [0.1, 0.15) is 26.4 Å². The number of halogens is 4. The van der Waals surface area contributed by atoms with E-state index >= 15 is 0 Å². The van der Waals surface area contributed by atoms with Gasteiger partial charge in [0.2, 0.25) is 0 Å². The molecule has 34 heavy (non-hydrogen) atoms. The first-order chi connectivity index (χ1) is 16.4. The van der Waals surface area contributed by atoms with Crippen molar-refractivity contribution in [3.63, 3.8) is 0 Å². The predicted octanol–water partition coefficient (Wildman–Crippen LogP) is -0.842. The van der Waals surface area contributed by atoms with Gasteiger partial charge >= 0.3 is 79.9 Å². The molecular formula is C16H24F4O12Sn2. The van der Waals surface area contributed by atoms with Gasteiger partial charge in [0.25, 0.3) is 0 Å². The van der Waals surface area contributed by atoms with Crippen molar-refractivity contribution in [2.24, 2.45) is 0 Å². The molecule has 1 rings (SSSR count). The van der Waals surface area contributed by atoms with Crippen LogP contribution < -0.4 is 0 Å². The molecule has 0 saturated carbocycles. The number of carbonyl (C=O) groups is 4. The fraction of sp³-hybridized carbons (Fsp3) is 0.750. The molecule has 0 N–H and O–H groups in total. The molecule has 0 aliphatic carbocycles. The second kappa shape index (κ2) is 28.3. The average molecular weight is 722 g/mol. The SMILES string of the molecule is O=C1OCCOCCOCCOC(=O)C(=O)OCCOCCOCCOC1=O.[F][Sn][F].[F][Sn][F]. The third-order valence-electron chi connectivity index (χ3n) is 2.92. The Morgan fingerprint density at radius 3 is 0.706 bits per heavy atom. The first-order valence-electron chi connectivity index (χ1n) is 9.35. The summed E-state index contributed by atoms with van der Waals surface area (Å²) in [7, 11) is 0. The van der Waals surface area contributed by atoms with Crippen molar-refractivity contribution in [1.82, 2.24) is 0 Å². The number of cyclic esters (lactones) is 4. The van der Waals surface area contributed by atoms with Crippen molar-refractivity contribution in [2.45, 2.75) is 0 Å². The van der Waals surface area contributed by atoms with E-state index < -0.39 is 68.5 Å². The van der Waals surface area contributed by atoms with Crippen LogP contribution in [0.25, 0.3) is 0 Å². The molecule has 0 aromatic carbocycles. The molecule has 1 aliphatic rings. The molecule has 1 fully saturated rings. The second-order valence-electron chi connectivity index (χ2n) is 5.14. The van der Waals surface area contributed by atoms with Crippen LogP contribution in [0.5, 0.6) is 0 Å². The Morgan fingerprint density at radius 1 is 0.382 bits per heavy atom. The zero-order valence-corrected chi connectivity index (χ0v) is 23.6. The van der Waals surface area contributed by atoms with Crippen LogP contribution in [0.3, 0.4) is 0 Å². The molecule has 0 atom stereocenters. The van der Waals surface area contributed by atoms with E-state index in [-0.39, 0.29) is 79.3 Å². The minimum absolute atomic E-state index is 0.0618. The maximum absolute atomic E-state index is 11.4. The fourth-order valence-electron chi connectivity index (χ4n) is 1.65. The number of esters is 4. The van der Waals surface area contributed by atoms with Crippen LogP contribution in [0.4, 0.5) is 11.5 Å². The Labute approximate surface area is 215 Å². The maximum atomic E-state index is 11.4. The van der Waals surface area contributed by atoms with Crippen LogP contribution in [0.15, 0.2) is 0 Å². The van der Waals surface area contributed by atoms with Crippen LogP contribution in [0, 0.1) is 0 Å². The summed E-state index contributed by atoms with van der Waals surface area (Å²) in [6, 6.07) is 0. The van der Waals surface area contributed by atoms with Crippen molar-refractivity contribution in [3.05, 3.63) is 0 Å². The number of hydrogen-bond donors (Lipinski definition) is 0. The molecule has 0 bridgehead atoms. The number of carbonyl (C=O) groups excluding carboxylic acids is 4. The van der Waals surface area contributed by atoms with E-state index in [0.29, 0.717) is 0 Å². The molecule has 196 valence electrons. The molecule has 12 nitrogen and oxygen atoms in total. The first kappa shape index (κ1) is 35.2. The second-order valence-corrected chi connectivity index (χ2v) is 5.95. The third-order valence-corrected chi connectivity index (χ3v) is 2.92. The Hall–Kier alpha value is -0.963. The molecule has 0 aromatic heterocycles.